The highest BCUT2D eigenvalue weighted by Gasteiger charge is 2.37. The van der Waals surface area contributed by atoms with Crippen LogP contribution >= 0.6 is 58.8 Å². The molecule has 1 saturated heterocycles. The quantitative estimate of drug-likeness (QED) is 0.135. The highest BCUT2D eigenvalue weighted by molar-refractivity contribution is 8.26. The second-order valence-corrected chi connectivity index (χ2v) is 12.1. The number of nitrogens with one attached hydrogen (secondary N) is 1. The van der Waals surface area contributed by atoms with Crippen LogP contribution < -0.4 is 14.8 Å². The number of benzene rings is 3. The highest BCUT2D eigenvalue weighted by atomic mass is 35.6. The van der Waals surface area contributed by atoms with Crippen molar-refractivity contribution >= 4 is 81.0 Å². The molecular formula is C27H21Cl3N2O4S2. The molecule has 196 valence electrons. The molecule has 0 aliphatic carbocycles. The van der Waals surface area contributed by atoms with Gasteiger partial charge in [0.1, 0.15) is 4.32 Å². The fraction of sp³-hybridized carbons (Fsp3) is 0.148. The smallest absolute Gasteiger partial charge is 0.266 e. The van der Waals surface area contributed by atoms with E-state index < -0.39 is 15.9 Å². The second kappa shape index (κ2) is 12.4. The Morgan fingerprint density at radius 3 is 2.34 bits per heavy atom. The van der Waals surface area contributed by atoms with Crippen molar-refractivity contribution in [2.24, 2.45) is 0 Å². The van der Waals surface area contributed by atoms with Gasteiger partial charge >= 0.3 is 0 Å². The normalized spacial score (nSPS) is 15.5. The Balaban J connectivity index is 1.52. The molecule has 1 aliphatic heterocycles. The van der Waals surface area contributed by atoms with E-state index in [0.717, 1.165) is 5.56 Å². The molecule has 0 aromatic heterocycles. The van der Waals surface area contributed by atoms with E-state index in [1.165, 1.54) is 18.9 Å². The van der Waals surface area contributed by atoms with Crippen LogP contribution in [0, 0.1) is 0 Å². The lowest BCUT2D eigenvalue weighted by atomic mass is 10.1. The number of alkyl halides is 3. The van der Waals surface area contributed by atoms with E-state index in [9.17, 15) is 9.59 Å². The van der Waals surface area contributed by atoms with Gasteiger partial charge in [0.05, 0.1) is 18.6 Å². The van der Waals surface area contributed by atoms with Gasteiger partial charge in [-0.3, -0.25) is 14.5 Å². The van der Waals surface area contributed by atoms with Gasteiger partial charge < -0.3 is 14.8 Å². The number of carbonyl (C=O) groups excluding carboxylic acids is 2. The van der Waals surface area contributed by atoms with E-state index >= 15 is 0 Å². The third kappa shape index (κ3) is 7.01. The van der Waals surface area contributed by atoms with Crippen LogP contribution in [0.1, 0.15) is 21.5 Å². The summed E-state index contributed by atoms with van der Waals surface area (Å²) in [5.41, 5.74) is 2.03. The van der Waals surface area contributed by atoms with Crippen molar-refractivity contribution in [1.82, 2.24) is 10.2 Å². The average Bonchev–Trinajstić information content (AvgIpc) is 3.16. The van der Waals surface area contributed by atoms with Crippen molar-refractivity contribution in [3.63, 3.8) is 0 Å². The third-order valence-electron chi connectivity index (χ3n) is 5.38. The molecular weight excluding hydrogens is 587 g/mol. The minimum Gasteiger partial charge on any atom is -0.493 e. The summed E-state index contributed by atoms with van der Waals surface area (Å²) in [7, 11) is 1.46. The minimum atomic E-state index is -1.99. The second-order valence-electron chi connectivity index (χ2n) is 8.04. The zero-order valence-corrected chi connectivity index (χ0v) is 23.8. The van der Waals surface area contributed by atoms with E-state index in [0.29, 0.717) is 32.6 Å². The molecule has 1 aliphatic rings. The van der Waals surface area contributed by atoms with Crippen molar-refractivity contribution in [1.29, 1.82) is 0 Å². The number of halogens is 3. The molecule has 0 radical (unpaired) electrons. The molecule has 38 heavy (non-hydrogen) atoms. The van der Waals surface area contributed by atoms with E-state index in [4.69, 9.17) is 56.5 Å². The fourth-order valence-corrected chi connectivity index (χ4v) is 5.07. The molecule has 4 rings (SSSR count). The first-order valence-electron chi connectivity index (χ1n) is 11.2. The monoisotopic (exact) mass is 606 g/mol. The first kappa shape index (κ1) is 28.3. The number of amides is 2. The summed E-state index contributed by atoms with van der Waals surface area (Å²) in [6, 6.07) is 23.1. The van der Waals surface area contributed by atoms with Gasteiger partial charge in [-0.15, -0.1) is 0 Å². The summed E-state index contributed by atoms with van der Waals surface area (Å²) >= 11 is 25.0. The van der Waals surface area contributed by atoms with Gasteiger partial charge in [0.15, 0.2) is 11.5 Å². The number of hydrogen-bond acceptors (Lipinski definition) is 6. The van der Waals surface area contributed by atoms with Gasteiger partial charge in [-0.25, -0.2) is 0 Å². The predicted molar refractivity (Wildman–Crippen MR) is 157 cm³/mol. The van der Waals surface area contributed by atoms with Crippen LogP contribution in [0.15, 0.2) is 83.8 Å². The summed E-state index contributed by atoms with van der Waals surface area (Å²) in [6.45, 7) is 0.395. The van der Waals surface area contributed by atoms with Crippen LogP contribution in [0.3, 0.4) is 0 Å². The predicted octanol–water partition coefficient (Wildman–Crippen LogP) is 6.60. The standard InChI is InChI=1S/C27H21Cl3N2O4S2/c1-35-21-14-18(15-22-24(34)32(26(37)38-22)16-17-8-4-2-5-9-17)12-13-20(21)36-25(27(28,29)30)31-23(33)19-10-6-3-7-11-19/h2-15,25H,16H2,1H3,(H,31,33). The van der Waals surface area contributed by atoms with E-state index in [2.05, 4.69) is 5.32 Å². The molecule has 3 aromatic rings. The van der Waals surface area contributed by atoms with Crippen LogP contribution in [0.5, 0.6) is 11.5 Å². The zero-order valence-electron chi connectivity index (χ0n) is 19.9. The first-order valence-corrected chi connectivity index (χ1v) is 13.6. The van der Waals surface area contributed by atoms with Crippen LogP contribution in [0.2, 0.25) is 0 Å². The summed E-state index contributed by atoms with van der Waals surface area (Å²) in [5, 5.41) is 2.59. The van der Waals surface area contributed by atoms with E-state index in [-0.39, 0.29) is 11.7 Å². The van der Waals surface area contributed by atoms with E-state index in [1.54, 1.807) is 59.5 Å². The Labute approximate surface area is 244 Å². The largest absolute Gasteiger partial charge is 0.493 e. The maximum atomic E-state index is 13.0. The van der Waals surface area contributed by atoms with Crippen molar-refractivity contribution < 1.29 is 19.1 Å². The van der Waals surface area contributed by atoms with Crippen LogP contribution in [0.25, 0.3) is 6.08 Å². The Morgan fingerprint density at radius 2 is 1.71 bits per heavy atom. The number of thioether (sulfide) groups is 1. The highest BCUT2D eigenvalue weighted by Crippen LogP contribution is 2.38. The summed E-state index contributed by atoms with van der Waals surface area (Å²) < 4.78 is 9.84. The first-order chi connectivity index (χ1) is 18.2. The number of hydrogen-bond donors (Lipinski definition) is 1. The van der Waals surface area contributed by atoms with Gasteiger partial charge in [-0.05, 0) is 41.5 Å². The molecule has 0 bridgehead atoms. The lowest BCUT2D eigenvalue weighted by Gasteiger charge is -2.27. The molecule has 1 unspecified atom stereocenters. The van der Waals surface area contributed by atoms with Gasteiger partial charge in [0.2, 0.25) is 10.0 Å². The molecule has 0 saturated carbocycles. The molecule has 11 heteroatoms. The van der Waals surface area contributed by atoms with Crippen LogP contribution in [-0.4, -0.2) is 38.2 Å². The average molecular weight is 608 g/mol. The molecule has 1 N–H and O–H groups in total. The number of methoxy groups -OCH3 is 1. The van der Waals surface area contributed by atoms with Gasteiger partial charge in [-0.2, -0.15) is 0 Å². The molecule has 6 nitrogen and oxygen atoms in total. The Kier molecular flexibility index (Phi) is 9.23. The Bertz CT molecular complexity index is 1370. The Morgan fingerprint density at radius 1 is 1.05 bits per heavy atom. The summed E-state index contributed by atoms with van der Waals surface area (Å²) in [5.74, 6) is -0.115. The zero-order chi connectivity index (χ0) is 27.3. The topological polar surface area (TPSA) is 67.9 Å². The van der Waals surface area contributed by atoms with Crippen LogP contribution in [0.4, 0.5) is 0 Å². The number of ether oxygens (including phenoxy) is 2. The summed E-state index contributed by atoms with van der Waals surface area (Å²) in [6.07, 6.45) is 0.398. The van der Waals surface area contributed by atoms with Crippen molar-refractivity contribution in [3.05, 3.63) is 100 Å². The molecule has 1 heterocycles. The summed E-state index contributed by atoms with van der Waals surface area (Å²) in [4.78, 5) is 27.7. The fourth-order valence-electron chi connectivity index (χ4n) is 3.52. The van der Waals surface area contributed by atoms with Crippen molar-refractivity contribution in [2.45, 2.75) is 16.6 Å². The SMILES string of the molecule is COc1cc(C=C2SC(=S)N(Cc3ccccc3)C2=O)ccc1OC(NC(=O)c1ccccc1)C(Cl)(Cl)Cl. The number of carbonyl (C=O) groups is 2. The maximum Gasteiger partial charge on any atom is 0.266 e. The van der Waals surface area contributed by atoms with Gasteiger partial charge in [-0.1, -0.05) is 113 Å². The van der Waals surface area contributed by atoms with Gasteiger partial charge in [0, 0.05) is 5.56 Å². The lowest BCUT2D eigenvalue weighted by molar-refractivity contribution is -0.122. The molecule has 1 atom stereocenters. The van der Waals surface area contributed by atoms with E-state index in [1.807, 2.05) is 30.3 Å². The number of rotatable bonds is 8. The van der Waals surface area contributed by atoms with Crippen molar-refractivity contribution in [2.75, 3.05) is 7.11 Å². The number of nitrogens with zero attached hydrogens (tertiary/aromatic N) is 1. The lowest BCUT2D eigenvalue weighted by Crippen LogP contribution is -2.47. The maximum absolute atomic E-state index is 13.0. The van der Waals surface area contributed by atoms with Gasteiger partial charge in [0.25, 0.3) is 11.8 Å². The molecule has 0 spiro atoms. The van der Waals surface area contributed by atoms with Crippen molar-refractivity contribution in [3.8, 4) is 11.5 Å². The molecule has 1 fully saturated rings. The Hall–Kier alpha value is -2.75. The molecule has 3 aromatic carbocycles. The minimum absolute atomic E-state index is 0.178. The third-order valence-corrected chi connectivity index (χ3v) is 7.36. The number of thiocarbonyl (C=S) groups is 1. The van der Waals surface area contributed by atoms with Crippen LogP contribution in [-0.2, 0) is 11.3 Å². The molecule has 2 amide bonds.